The molecule has 4 nitrogen and oxygen atoms in total. The minimum atomic E-state index is -0.320. The van der Waals surface area contributed by atoms with Crippen LogP contribution in [-0.4, -0.2) is 11.9 Å². The Hall–Kier alpha value is -1.62. The van der Waals surface area contributed by atoms with E-state index in [9.17, 15) is 9.59 Å². The van der Waals surface area contributed by atoms with Gasteiger partial charge in [0, 0.05) is 12.8 Å². The van der Waals surface area contributed by atoms with E-state index in [0.29, 0.717) is 23.7 Å². The second-order valence-electron chi connectivity index (χ2n) is 6.26. The maximum atomic E-state index is 12.1. The second kappa shape index (κ2) is 12.7. The molecule has 0 atom stereocenters. The van der Waals surface area contributed by atoms with E-state index in [1.54, 1.807) is 12.1 Å². The maximum absolute atomic E-state index is 12.1. The lowest BCUT2D eigenvalue weighted by Crippen LogP contribution is -2.13. The third kappa shape index (κ3) is 8.17. The van der Waals surface area contributed by atoms with Crippen molar-refractivity contribution in [2.45, 2.75) is 71.6 Å². The van der Waals surface area contributed by atoms with Crippen molar-refractivity contribution < 1.29 is 19.1 Å². The number of hydrogen-bond acceptors (Lipinski definition) is 4. The van der Waals surface area contributed by atoms with E-state index in [-0.39, 0.29) is 23.4 Å². The Morgan fingerprint density at radius 2 is 1.58 bits per heavy atom. The van der Waals surface area contributed by atoms with Gasteiger partial charge in [0.1, 0.15) is 0 Å². The summed E-state index contributed by atoms with van der Waals surface area (Å²) in [6, 6.07) is 3.59. The number of hydrogen-bond donors (Lipinski definition) is 0. The van der Waals surface area contributed by atoms with Crippen LogP contribution < -0.4 is 9.47 Å². The second-order valence-corrected chi connectivity index (χ2v) is 7.11. The predicted octanol–water partition coefficient (Wildman–Crippen LogP) is 6.15. The van der Waals surface area contributed by atoms with E-state index in [0.717, 1.165) is 44.1 Å². The molecule has 0 aliphatic heterocycles. The molecule has 0 amide bonds. The molecular formula is C21H29BrO4. The quantitative estimate of drug-likeness (QED) is 0.174. The standard InChI is InChI=1S/C21H29BrO4/c1-4-7-9-12-19(23)25-18-15-16(11-6-3)14-17(22)21(18)26-20(24)13-10-8-5-2/h6,14-15H,3-5,7-13H2,1-2H3. The van der Waals surface area contributed by atoms with Gasteiger partial charge in [-0.3, -0.25) is 9.59 Å². The Morgan fingerprint density at radius 1 is 1.00 bits per heavy atom. The van der Waals surface area contributed by atoms with Crippen LogP contribution in [-0.2, 0) is 16.0 Å². The molecule has 0 bridgehead atoms. The number of esters is 2. The van der Waals surface area contributed by atoms with Crippen molar-refractivity contribution in [1.82, 2.24) is 0 Å². The number of rotatable bonds is 12. The molecule has 1 aromatic carbocycles. The van der Waals surface area contributed by atoms with Crippen LogP contribution in [0.1, 0.15) is 70.8 Å². The van der Waals surface area contributed by atoms with Crippen molar-refractivity contribution in [2.75, 3.05) is 0 Å². The first-order chi connectivity index (χ1) is 12.5. The molecule has 0 unspecified atom stereocenters. The van der Waals surface area contributed by atoms with Gasteiger partial charge >= 0.3 is 11.9 Å². The summed E-state index contributed by atoms with van der Waals surface area (Å²) in [5, 5.41) is 0. The molecule has 0 radical (unpaired) electrons. The molecule has 0 fully saturated rings. The molecule has 0 saturated heterocycles. The molecule has 0 spiro atoms. The van der Waals surface area contributed by atoms with E-state index >= 15 is 0 Å². The molecule has 0 aliphatic carbocycles. The predicted molar refractivity (Wildman–Crippen MR) is 108 cm³/mol. The number of halogens is 1. The average Bonchev–Trinajstić information content (AvgIpc) is 2.59. The van der Waals surface area contributed by atoms with Crippen molar-refractivity contribution in [2.24, 2.45) is 0 Å². The summed E-state index contributed by atoms with van der Waals surface area (Å²) >= 11 is 3.43. The summed E-state index contributed by atoms with van der Waals surface area (Å²) in [5.74, 6) is -0.0898. The average molecular weight is 425 g/mol. The Bertz CT molecular complexity index is 610. The lowest BCUT2D eigenvalue weighted by molar-refractivity contribution is -0.137. The zero-order valence-corrected chi connectivity index (χ0v) is 17.4. The zero-order chi connectivity index (χ0) is 19.4. The van der Waals surface area contributed by atoms with Crippen LogP contribution >= 0.6 is 15.9 Å². The summed E-state index contributed by atoms with van der Waals surface area (Å²) in [6.07, 6.45) is 8.70. The van der Waals surface area contributed by atoms with Gasteiger partial charge in [-0.1, -0.05) is 45.6 Å². The summed E-state index contributed by atoms with van der Waals surface area (Å²) < 4.78 is 11.6. The first-order valence-corrected chi connectivity index (χ1v) is 10.2. The molecule has 144 valence electrons. The zero-order valence-electron chi connectivity index (χ0n) is 15.8. The molecule has 5 heteroatoms. The number of unbranched alkanes of at least 4 members (excludes halogenated alkanes) is 4. The fourth-order valence-electron chi connectivity index (χ4n) is 2.46. The molecule has 0 N–H and O–H groups in total. The Kier molecular flexibility index (Phi) is 10.9. The summed E-state index contributed by atoms with van der Waals surface area (Å²) in [7, 11) is 0. The lowest BCUT2D eigenvalue weighted by Gasteiger charge is -2.14. The van der Waals surface area contributed by atoms with Gasteiger partial charge in [-0.15, -0.1) is 6.58 Å². The maximum Gasteiger partial charge on any atom is 0.311 e. The van der Waals surface area contributed by atoms with Gasteiger partial charge in [-0.25, -0.2) is 0 Å². The first kappa shape index (κ1) is 22.4. The molecule has 1 aromatic rings. The molecular weight excluding hydrogens is 396 g/mol. The number of allylic oxidation sites excluding steroid dienone is 1. The van der Waals surface area contributed by atoms with E-state index < -0.39 is 0 Å². The molecule has 0 aromatic heterocycles. The van der Waals surface area contributed by atoms with E-state index in [1.165, 1.54) is 0 Å². The Morgan fingerprint density at radius 3 is 2.12 bits per heavy atom. The van der Waals surface area contributed by atoms with Gasteiger partial charge in [-0.2, -0.15) is 0 Å². The summed E-state index contributed by atoms with van der Waals surface area (Å²) in [5.41, 5.74) is 0.925. The van der Waals surface area contributed by atoms with Gasteiger partial charge in [0.15, 0.2) is 11.5 Å². The van der Waals surface area contributed by atoms with Crippen LogP contribution in [0.3, 0.4) is 0 Å². The summed E-state index contributed by atoms with van der Waals surface area (Å²) in [4.78, 5) is 24.2. The normalized spacial score (nSPS) is 10.4. The molecule has 26 heavy (non-hydrogen) atoms. The van der Waals surface area contributed by atoms with Crippen molar-refractivity contribution in [3.63, 3.8) is 0 Å². The van der Waals surface area contributed by atoms with Crippen LogP contribution in [0, 0.1) is 0 Å². The first-order valence-electron chi connectivity index (χ1n) is 9.36. The van der Waals surface area contributed by atoms with Gasteiger partial charge in [0.25, 0.3) is 0 Å². The largest absolute Gasteiger partial charge is 0.422 e. The van der Waals surface area contributed by atoms with Gasteiger partial charge in [0.05, 0.1) is 4.47 Å². The molecule has 0 aliphatic rings. The Labute approximate surface area is 165 Å². The highest BCUT2D eigenvalue weighted by atomic mass is 79.9. The smallest absolute Gasteiger partial charge is 0.311 e. The van der Waals surface area contributed by atoms with Crippen molar-refractivity contribution >= 4 is 27.9 Å². The molecule has 0 saturated carbocycles. The fourth-order valence-corrected chi connectivity index (χ4v) is 3.03. The van der Waals surface area contributed by atoms with Crippen LogP contribution in [0.4, 0.5) is 0 Å². The van der Waals surface area contributed by atoms with Crippen LogP contribution in [0.25, 0.3) is 0 Å². The SMILES string of the molecule is C=CCc1cc(Br)c(OC(=O)CCCCC)c(OC(=O)CCCCC)c1. The number of carbonyl (C=O) groups excluding carboxylic acids is 2. The van der Waals surface area contributed by atoms with Crippen molar-refractivity contribution in [1.29, 1.82) is 0 Å². The van der Waals surface area contributed by atoms with Crippen molar-refractivity contribution in [3.05, 3.63) is 34.8 Å². The van der Waals surface area contributed by atoms with E-state index in [2.05, 4.69) is 36.4 Å². The minimum Gasteiger partial charge on any atom is -0.422 e. The molecule has 1 rings (SSSR count). The number of benzene rings is 1. The third-order valence-corrected chi connectivity index (χ3v) is 4.45. The van der Waals surface area contributed by atoms with Gasteiger partial charge in [0.2, 0.25) is 0 Å². The minimum absolute atomic E-state index is 0.267. The third-order valence-electron chi connectivity index (χ3n) is 3.86. The highest BCUT2D eigenvalue weighted by Crippen LogP contribution is 2.38. The van der Waals surface area contributed by atoms with Crippen LogP contribution in [0.2, 0.25) is 0 Å². The van der Waals surface area contributed by atoms with Gasteiger partial charge < -0.3 is 9.47 Å². The topological polar surface area (TPSA) is 52.6 Å². The Balaban J connectivity index is 2.93. The van der Waals surface area contributed by atoms with E-state index in [1.807, 2.05) is 6.07 Å². The van der Waals surface area contributed by atoms with Crippen molar-refractivity contribution in [3.8, 4) is 11.5 Å². The van der Waals surface area contributed by atoms with Crippen LogP contribution in [0.5, 0.6) is 11.5 Å². The van der Waals surface area contributed by atoms with E-state index in [4.69, 9.17) is 9.47 Å². The molecule has 0 heterocycles. The highest BCUT2D eigenvalue weighted by molar-refractivity contribution is 9.10. The van der Waals surface area contributed by atoms with Gasteiger partial charge in [-0.05, 0) is 52.9 Å². The van der Waals surface area contributed by atoms with Crippen LogP contribution in [0.15, 0.2) is 29.3 Å². The monoisotopic (exact) mass is 424 g/mol. The fraction of sp³-hybridized carbons (Fsp3) is 0.524. The lowest BCUT2D eigenvalue weighted by atomic mass is 10.1. The summed E-state index contributed by atoms with van der Waals surface area (Å²) in [6.45, 7) is 7.89. The highest BCUT2D eigenvalue weighted by Gasteiger charge is 2.18. The number of ether oxygens (including phenoxy) is 2. The number of carbonyl (C=O) groups is 2.